The van der Waals surface area contributed by atoms with E-state index in [1.54, 1.807) is 0 Å². The van der Waals surface area contributed by atoms with Gasteiger partial charge in [0.25, 0.3) is 0 Å². The van der Waals surface area contributed by atoms with Crippen molar-refractivity contribution >= 4 is 23.9 Å². The standard InChI is InChI=1S/C13H20N2O6/c1-21-12(19)9-5-7-15(8-6-9)13(20)14-10(16)3-2-4-11(17)18/h9H,2-8H2,1H3,(H,17,18)(H,14,16,20). The third-order valence-corrected chi connectivity index (χ3v) is 3.36. The second-order valence-corrected chi connectivity index (χ2v) is 4.89. The summed E-state index contributed by atoms with van der Waals surface area (Å²) < 4.78 is 4.65. The Labute approximate surface area is 122 Å². The second kappa shape index (κ2) is 8.23. The predicted molar refractivity (Wildman–Crippen MR) is 71.3 cm³/mol. The number of ether oxygens (including phenoxy) is 1. The zero-order valence-corrected chi connectivity index (χ0v) is 12.0. The van der Waals surface area contributed by atoms with E-state index in [0.29, 0.717) is 25.9 Å². The van der Waals surface area contributed by atoms with Gasteiger partial charge in [-0.15, -0.1) is 0 Å². The van der Waals surface area contributed by atoms with E-state index in [1.807, 2.05) is 0 Å². The van der Waals surface area contributed by atoms with E-state index in [4.69, 9.17) is 5.11 Å². The first kappa shape index (κ1) is 16.9. The van der Waals surface area contributed by atoms with Crippen molar-refractivity contribution in [3.63, 3.8) is 0 Å². The number of piperidine rings is 1. The van der Waals surface area contributed by atoms with Crippen molar-refractivity contribution in [1.29, 1.82) is 0 Å². The van der Waals surface area contributed by atoms with E-state index < -0.39 is 17.9 Å². The lowest BCUT2D eigenvalue weighted by Crippen LogP contribution is -2.47. The van der Waals surface area contributed by atoms with Crippen LogP contribution in [0.4, 0.5) is 4.79 Å². The summed E-state index contributed by atoms with van der Waals surface area (Å²) >= 11 is 0. The number of carboxylic acids is 1. The van der Waals surface area contributed by atoms with Crippen LogP contribution in [0.1, 0.15) is 32.1 Å². The molecule has 8 heteroatoms. The number of nitrogens with zero attached hydrogens (tertiary/aromatic N) is 1. The molecule has 1 fully saturated rings. The molecular formula is C13H20N2O6. The monoisotopic (exact) mass is 300 g/mol. The van der Waals surface area contributed by atoms with Crippen LogP contribution in [0.5, 0.6) is 0 Å². The molecule has 0 aromatic carbocycles. The van der Waals surface area contributed by atoms with Crippen molar-refractivity contribution in [2.75, 3.05) is 20.2 Å². The fraction of sp³-hybridized carbons (Fsp3) is 0.692. The van der Waals surface area contributed by atoms with Crippen molar-refractivity contribution in [2.24, 2.45) is 5.92 Å². The van der Waals surface area contributed by atoms with Gasteiger partial charge < -0.3 is 14.7 Å². The summed E-state index contributed by atoms with van der Waals surface area (Å²) in [7, 11) is 1.33. The number of methoxy groups -OCH3 is 1. The Morgan fingerprint density at radius 3 is 2.33 bits per heavy atom. The summed E-state index contributed by atoms with van der Waals surface area (Å²) in [5, 5.41) is 10.7. The summed E-state index contributed by atoms with van der Waals surface area (Å²) in [6.45, 7) is 0.766. The Balaban J connectivity index is 2.29. The Morgan fingerprint density at radius 2 is 1.81 bits per heavy atom. The van der Waals surface area contributed by atoms with Gasteiger partial charge in [-0.05, 0) is 19.3 Å². The second-order valence-electron chi connectivity index (χ2n) is 4.89. The number of aliphatic carboxylic acids is 1. The van der Waals surface area contributed by atoms with Gasteiger partial charge in [0.15, 0.2) is 0 Å². The lowest BCUT2D eigenvalue weighted by molar-refractivity contribution is -0.147. The van der Waals surface area contributed by atoms with E-state index in [9.17, 15) is 19.2 Å². The molecule has 0 atom stereocenters. The lowest BCUT2D eigenvalue weighted by atomic mass is 9.97. The molecule has 1 aliphatic heterocycles. The Bertz CT molecular complexity index is 415. The minimum atomic E-state index is -0.973. The van der Waals surface area contributed by atoms with E-state index >= 15 is 0 Å². The Hall–Kier alpha value is -2.12. The average Bonchev–Trinajstić information content (AvgIpc) is 2.46. The minimum absolute atomic E-state index is 0.00331. The van der Waals surface area contributed by atoms with Gasteiger partial charge in [0.2, 0.25) is 5.91 Å². The molecule has 0 bridgehead atoms. The summed E-state index contributed by atoms with van der Waals surface area (Å²) in [6.07, 6.45) is 1.10. The molecule has 1 aliphatic rings. The van der Waals surface area contributed by atoms with Crippen molar-refractivity contribution in [3.8, 4) is 0 Å². The van der Waals surface area contributed by atoms with Crippen molar-refractivity contribution < 1.29 is 29.0 Å². The minimum Gasteiger partial charge on any atom is -0.481 e. The maximum atomic E-state index is 11.8. The Morgan fingerprint density at radius 1 is 1.19 bits per heavy atom. The molecule has 3 amide bonds. The average molecular weight is 300 g/mol. The predicted octanol–water partition coefficient (Wildman–Crippen LogP) is 0.362. The number of hydrogen-bond acceptors (Lipinski definition) is 5. The van der Waals surface area contributed by atoms with E-state index in [2.05, 4.69) is 10.1 Å². The van der Waals surface area contributed by atoms with Crippen LogP contribution in [0.25, 0.3) is 0 Å². The van der Waals surface area contributed by atoms with Gasteiger partial charge in [-0.3, -0.25) is 19.7 Å². The number of esters is 1. The van der Waals surface area contributed by atoms with Crippen LogP contribution in [0.2, 0.25) is 0 Å². The Kier molecular flexibility index (Phi) is 6.64. The molecule has 0 spiro atoms. The molecule has 21 heavy (non-hydrogen) atoms. The quantitative estimate of drug-likeness (QED) is 0.709. The first-order valence-corrected chi connectivity index (χ1v) is 6.82. The van der Waals surface area contributed by atoms with Gasteiger partial charge in [0.1, 0.15) is 0 Å². The van der Waals surface area contributed by atoms with Crippen LogP contribution in [0, 0.1) is 5.92 Å². The lowest BCUT2D eigenvalue weighted by Gasteiger charge is -2.30. The van der Waals surface area contributed by atoms with E-state index in [1.165, 1.54) is 12.0 Å². The zero-order valence-electron chi connectivity index (χ0n) is 12.0. The first-order chi connectivity index (χ1) is 9.93. The van der Waals surface area contributed by atoms with Gasteiger partial charge in [0.05, 0.1) is 13.0 Å². The van der Waals surface area contributed by atoms with Crippen LogP contribution < -0.4 is 5.32 Å². The molecule has 1 rings (SSSR count). The highest BCUT2D eigenvalue weighted by atomic mass is 16.5. The smallest absolute Gasteiger partial charge is 0.324 e. The van der Waals surface area contributed by atoms with Gasteiger partial charge in [-0.25, -0.2) is 4.79 Å². The normalized spacial score (nSPS) is 15.4. The van der Waals surface area contributed by atoms with E-state index in [-0.39, 0.29) is 31.1 Å². The molecule has 0 aromatic rings. The largest absolute Gasteiger partial charge is 0.481 e. The molecular weight excluding hydrogens is 280 g/mol. The number of amides is 3. The highest BCUT2D eigenvalue weighted by Gasteiger charge is 2.28. The molecule has 0 saturated carbocycles. The SMILES string of the molecule is COC(=O)C1CCN(C(=O)NC(=O)CCCC(=O)O)CC1. The number of carboxylic acid groups (broad SMARTS) is 1. The van der Waals surface area contributed by atoms with Gasteiger partial charge >= 0.3 is 18.0 Å². The van der Waals surface area contributed by atoms with Crippen molar-refractivity contribution in [2.45, 2.75) is 32.1 Å². The van der Waals surface area contributed by atoms with Gasteiger partial charge in [-0.1, -0.05) is 0 Å². The van der Waals surface area contributed by atoms with Crippen LogP contribution >= 0.6 is 0 Å². The molecule has 118 valence electrons. The summed E-state index contributed by atoms with van der Waals surface area (Å²) in [5.74, 6) is -1.94. The molecule has 1 saturated heterocycles. The third kappa shape index (κ3) is 5.80. The number of imide groups is 1. The number of urea groups is 1. The highest BCUT2D eigenvalue weighted by Crippen LogP contribution is 2.18. The molecule has 0 radical (unpaired) electrons. The third-order valence-electron chi connectivity index (χ3n) is 3.36. The van der Waals surface area contributed by atoms with Gasteiger partial charge in [0, 0.05) is 25.9 Å². The topological polar surface area (TPSA) is 113 Å². The van der Waals surface area contributed by atoms with E-state index in [0.717, 1.165) is 0 Å². The van der Waals surface area contributed by atoms with Crippen LogP contribution in [-0.4, -0.2) is 54.1 Å². The number of hydrogen-bond donors (Lipinski definition) is 2. The first-order valence-electron chi connectivity index (χ1n) is 6.82. The molecule has 0 unspecified atom stereocenters. The van der Waals surface area contributed by atoms with Crippen LogP contribution in [0.15, 0.2) is 0 Å². The molecule has 0 aromatic heterocycles. The van der Waals surface area contributed by atoms with Crippen molar-refractivity contribution in [3.05, 3.63) is 0 Å². The maximum absolute atomic E-state index is 11.8. The molecule has 0 aliphatic carbocycles. The number of rotatable bonds is 5. The van der Waals surface area contributed by atoms with Crippen molar-refractivity contribution in [1.82, 2.24) is 10.2 Å². The zero-order chi connectivity index (χ0) is 15.8. The molecule has 8 nitrogen and oxygen atoms in total. The molecule has 1 heterocycles. The van der Waals surface area contributed by atoms with Crippen LogP contribution in [-0.2, 0) is 19.1 Å². The number of likely N-dealkylation sites (tertiary alicyclic amines) is 1. The fourth-order valence-electron chi connectivity index (χ4n) is 2.15. The fourth-order valence-corrected chi connectivity index (χ4v) is 2.15. The number of carbonyl (C=O) groups is 4. The maximum Gasteiger partial charge on any atom is 0.324 e. The molecule has 2 N–H and O–H groups in total. The summed E-state index contributed by atoms with van der Waals surface area (Å²) in [4.78, 5) is 46.4. The van der Waals surface area contributed by atoms with Crippen LogP contribution in [0.3, 0.4) is 0 Å². The van der Waals surface area contributed by atoms with Gasteiger partial charge in [-0.2, -0.15) is 0 Å². The number of carbonyl (C=O) groups excluding carboxylic acids is 3. The highest BCUT2D eigenvalue weighted by molar-refractivity contribution is 5.94. The number of nitrogens with one attached hydrogen (secondary N) is 1. The summed E-state index contributed by atoms with van der Waals surface area (Å²) in [5.41, 5.74) is 0. The summed E-state index contributed by atoms with van der Waals surface area (Å²) in [6, 6.07) is -0.501.